The molecule has 5 nitrogen and oxygen atoms in total. The lowest BCUT2D eigenvalue weighted by molar-refractivity contribution is 0.0694. The molecule has 122 valence electrons. The smallest absolute Gasteiger partial charge is 0.341 e. The number of aromatic nitrogens is 1. The van der Waals surface area contributed by atoms with Crippen molar-refractivity contribution >= 4 is 5.97 Å². The summed E-state index contributed by atoms with van der Waals surface area (Å²) in [5.41, 5.74) is 1.28. The third-order valence-corrected chi connectivity index (χ3v) is 3.66. The molecular weight excluding hydrogens is 294 g/mol. The zero-order valence-electron chi connectivity index (χ0n) is 13.4. The molecule has 0 saturated carbocycles. The highest BCUT2D eigenvalue weighted by Gasteiger charge is 2.11. The van der Waals surface area contributed by atoms with Crippen LogP contribution in [0.1, 0.15) is 34.5 Å². The number of hydrogen-bond donors (Lipinski definition) is 1. The highest BCUT2D eigenvalue weighted by molar-refractivity contribution is 5.87. The average molecular weight is 315 g/mol. The number of hydrogen-bond acceptors (Lipinski definition) is 3. The van der Waals surface area contributed by atoms with E-state index >= 15 is 0 Å². The first kappa shape index (κ1) is 16.8. The van der Waals surface area contributed by atoms with Gasteiger partial charge in [0.25, 0.3) is 5.56 Å². The van der Waals surface area contributed by atoms with Gasteiger partial charge in [-0.15, -0.1) is 0 Å². The maximum absolute atomic E-state index is 12.1. The Morgan fingerprint density at radius 2 is 1.96 bits per heavy atom. The van der Waals surface area contributed by atoms with Crippen LogP contribution >= 0.6 is 0 Å². The van der Waals surface area contributed by atoms with Gasteiger partial charge in [0.1, 0.15) is 11.3 Å². The van der Waals surface area contributed by atoms with Gasteiger partial charge in [0.2, 0.25) is 0 Å². The van der Waals surface area contributed by atoms with Gasteiger partial charge in [-0.2, -0.15) is 0 Å². The zero-order valence-corrected chi connectivity index (χ0v) is 13.4. The molecule has 1 aromatic heterocycles. The van der Waals surface area contributed by atoms with E-state index in [0.29, 0.717) is 13.2 Å². The largest absolute Gasteiger partial charge is 0.494 e. The summed E-state index contributed by atoms with van der Waals surface area (Å²) in [6.07, 6.45) is 1.53. The van der Waals surface area contributed by atoms with Crippen molar-refractivity contribution < 1.29 is 14.6 Å². The summed E-state index contributed by atoms with van der Waals surface area (Å²) in [5.74, 6) is -0.349. The second-order valence-electron chi connectivity index (χ2n) is 5.52. The second kappa shape index (κ2) is 7.63. The molecule has 0 radical (unpaired) electrons. The summed E-state index contributed by atoms with van der Waals surface area (Å²) < 4.78 is 7.18. The summed E-state index contributed by atoms with van der Waals surface area (Å²) in [5, 5.41) is 9.01. The molecule has 0 amide bonds. The lowest BCUT2D eigenvalue weighted by Crippen LogP contribution is -2.28. The van der Waals surface area contributed by atoms with Crippen molar-refractivity contribution in [1.29, 1.82) is 0 Å². The molecule has 23 heavy (non-hydrogen) atoms. The molecule has 5 heteroatoms. The van der Waals surface area contributed by atoms with Crippen LogP contribution < -0.4 is 10.3 Å². The van der Waals surface area contributed by atoms with Gasteiger partial charge >= 0.3 is 5.97 Å². The number of carbonyl (C=O) groups is 1. The van der Waals surface area contributed by atoms with Crippen molar-refractivity contribution in [2.24, 2.45) is 0 Å². The van der Waals surface area contributed by atoms with Crippen molar-refractivity contribution in [2.45, 2.75) is 33.2 Å². The number of aromatic carboxylic acids is 1. The Kier molecular flexibility index (Phi) is 5.57. The molecule has 0 atom stereocenters. The van der Waals surface area contributed by atoms with Gasteiger partial charge in [-0.3, -0.25) is 4.79 Å². The van der Waals surface area contributed by atoms with Gasteiger partial charge in [-0.05, 0) is 56.5 Å². The topological polar surface area (TPSA) is 68.5 Å². The third-order valence-electron chi connectivity index (χ3n) is 3.66. The standard InChI is InChI=1S/C18H21NO4/c1-13-6-5-7-15(12-13)23-11-4-3-10-19-14(2)8-9-16(17(19)20)18(21)22/h5-9,12H,3-4,10-11H2,1-2H3,(H,21,22). The SMILES string of the molecule is Cc1cccc(OCCCCn2c(C)ccc(C(=O)O)c2=O)c1. The predicted octanol–water partition coefficient (Wildman–Crippen LogP) is 3.02. The molecule has 0 fully saturated rings. The molecule has 2 aromatic rings. The van der Waals surface area contributed by atoms with Crippen LogP contribution in [0.25, 0.3) is 0 Å². The summed E-state index contributed by atoms with van der Waals surface area (Å²) in [4.78, 5) is 23.1. The van der Waals surface area contributed by atoms with Crippen LogP contribution in [-0.2, 0) is 6.54 Å². The first-order valence-electron chi connectivity index (χ1n) is 7.62. The average Bonchev–Trinajstić information content (AvgIpc) is 2.49. The quantitative estimate of drug-likeness (QED) is 0.797. The Bertz CT molecular complexity index is 749. The fourth-order valence-electron chi connectivity index (χ4n) is 2.38. The highest BCUT2D eigenvalue weighted by atomic mass is 16.5. The Balaban J connectivity index is 1.88. The van der Waals surface area contributed by atoms with Crippen molar-refractivity contribution in [3.8, 4) is 5.75 Å². The number of rotatable bonds is 7. The summed E-state index contributed by atoms with van der Waals surface area (Å²) in [6, 6.07) is 10.9. The van der Waals surface area contributed by atoms with E-state index in [1.54, 1.807) is 13.0 Å². The monoisotopic (exact) mass is 315 g/mol. The molecule has 2 rings (SSSR count). The van der Waals surface area contributed by atoms with Crippen LogP contribution in [0.15, 0.2) is 41.2 Å². The van der Waals surface area contributed by atoms with Crippen molar-refractivity contribution in [3.05, 3.63) is 63.6 Å². The third kappa shape index (κ3) is 4.45. The zero-order chi connectivity index (χ0) is 16.8. The van der Waals surface area contributed by atoms with Gasteiger partial charge in [-0.1, -0.05) is 12.1 Å². The van der Waals surface area contributed by atoms with E-state index in [0.717, 1.165) is 29.8 Å². The van der Waals surface area contributed by atoms with Crippen LogP contribution in [0.2, 0.25) is 0 Å². The van der Waals surface area contributed by atoms with Crippen LogP contribution in [0.5, 0.6) is 5.75 Å². The number of aryl methyl sites for hydroxylation is 2. The first-order valence-corrected chi connectivity index (χ1v) is 7.62. The molecule has 0 saturated heterocycles. The lowest BCUT2D eigenvalue weighted by Gasteiger charge is -2.11. The van der Waals surface area contributed by atoms with E-state index < -0.39 is 11.5 Å². The Hall–Kier alpha value is -2.56. The van der Waals surface area contributed by atoms with Gasteiger partial charge in [0, 0.05) is 12.2 Å². The number of benzene rings is 1. The number of ether oxygens (including phenoxy) is 1. The minimum Gasteiger partial charge on any atom is -0.494 e. The Morgan fingerprint density at radius 3 is 2.65 bits per heavy atom. The second-order valence-corrected chi connectivity index (χ2v) is 5.52. The molecule has 1 heterocycles. The molecule has 0 spiro atoms. The van der Waals surface area contributed by atoms with E-state index in [-0.39, 0.29) is 5.56 Å². The normalized spacial score (nSPS) is 10.5. The molecule has 0 aliphatic heterocycles. The van der Waals surface area contributed by atoms with Crippen LogP contribution in [0, 0.1) is 13.8 Å². The molecule has 0 bridgehead atoms. The highest BCUT2D eigenvalue weighted by Crippen LogP contribution is 2.12. The number of unbranched alkanes of at least 4 members (excludes halogenated alkanes) is 1. The summed E-state index contributed by atoms with van der Waals surface area (Å²) in [6.45, 7) is 4.87. The molecule has 1 N–H and O–H groups in total. The Labute approximate surface area is 135 Å². The summed E-state index contributed by atoms with van der Waals surface area (Å²) in [7, 11) is 0. The molecular formula is C18H21NO4. The van der Waals surface area contributed by atoms with Gasteiger partial charge in [0.05, 0.1) is 6.61 Å². The minimum absolute atomic E-state index is 0.188. The molecule has 1 aromatic carbocycles. The van der Waals surface area contributed by atoms with Crippen molar-refractivity contribution in [1.82, 2.24) is 4.57 Å². The van der Waals surface area contributed by atoms with Gasteiger partial charge in [-0.25, -0.2) is 4.79 Å². The van der Waals surface area contributed by atoms with E-state index in [9.17, 15) is 9.59 Å². The van der Waals surface area contributed by atoms with Gasteiger partial charge < -0.3 is 14.4 Å². The molecule has 0 aliphatic rings. The maximum Gasteiger partial charge on any atom is 0.341 e. The van der Waals surface area contributed by atoms with Crippen LogP contribution in [0.4, 0.5) is 0 Å². The van der Waals surface area contributed by atoms with E-state index in [2.05, 4.69) is 0 Å². The number of carboxylic acid groups (broad SMARTS) is 1. The number of carboxylic acids is 1. The molecule has 0 aliphatic carbocycles. The molecule has 0 unspecified atom stereocenters. The van der Waals surface area contributed by atoms with Crippen molar-refractivity contribution in [2.75, 3.05) is 6.61 Å². The lowest BCUT2D eigenvalue weighted by atomic mass is 10.2. The first-order chi connectivity index (χ1) is 11.0. The van der Waals surface area contributed by atoms with E-state index in [1.807, 2.05) is 31.2 Å². The Morgan fingerprint density at radius 1 is 1.17 bits per heavy atom. The predicted molar refractivity (Wildman–Crippen MR) is 88.3 cm³/mol. The van der Waals surface area contributed by atoms with E-state index in [1.165, 1.54) is 10.6 Å². The minimum atomic E-state index is -1.19. The fraction of sp³-hybridized carbons (Fsp3) is 0.333. The van der Waals surface area contributed by atoms with Crippen LogP contribution in [-0.4, -0.2) is 22.2 Å². The number of nitrogens with zero attached hydrogens (tertiary/aromatic N) is 1. The van der Waals surface area contributed by atoms with Crippen molar-refractivity contribution in [3.63, 3.8) is 0 Å². The van der Waals surface area contributed by atoms with Crippen LogP contribution in [0.3, 0.4) is 0 Å². The maximum atomic E-state index is 12.1. The van der Waals surface area contributed by atoms with Gasteiger partial charge in [0.15, 0.2) is 0 Å². The fourth-order valence-corrected chi connectivity index (χ4v) is 2.38. The summed E-state index contributed by atoms with van der Waals surface area (Å²) >= 11 is 0. The number of pyridine rings is 1. The van der Waals surface area contributed by atoms with E-state index in [4.69, 9.17) is 9.84 Å².